The van der Waals surface area contributed by atoms with E-state index in [1.54, 1.807) is 0 Å². The summed E-state index contributed by atoms with van der Waals surface area (Å²) >= 11 is 0. The summed E-state index contributed by atoms with van der Waals surface area (Å²) in [7, 11) is -2.47. The number of ether oxygens (including phenoxy) is 1. The van der Waals surface area contributed by atoms with Crippen molar-refractivity contribution < 1.29 is 23.1 Å². The molecule has 112 valence electrons. The molecule has 0 spiro atoms. The number of hydrogen-bond acceptors (Lipinski definition) is 4. The Morgan fingerprint density at radius 1 is 1.30 bits per heavy atom. The van der Waals surface area contributed by atoms with Crippen molar-refractivity contribution in [2.45, 2.75) is 42.8 Å². The Morgan fingerprint density at radius 2 is 1.85 bits per heavy atom. The smallest absolute Gasteiger partial charge is 0.325 e. The molecule has 1 atom stereocenters. The standard InChI is InChI=1S/C14H20O5S/c1-4-5-10-14(2,13(15)16)20(17,18)12-8-6-11(19-3)7-9-12/h6-9H,4-5,10H2,1-3H3,(H,15,16). The molecule has 0 radical (unpaired) electrons. The van der Waals surface area contributed by atoms with Crippen molar-refractivity contribution in [2.24, 2.45) is 0 Å². The van der Waals surface area contributed by atoms with Gasteiger partial charge in [-0.2, -0.15) is 0 Å². The van der Waals surface area contributed by atoms with Gasteiger partial charge < -0.3 is 9.84 Å². The molecule has 1 rings (SSSR count). The normalized spacial score (nSPS) is 14.6. The van der Waals surface area contributed by atoms with Crippen LogP contribution in [0.5, 0.6) is 5.75 Å². The second-order valence-electron chi connectivity index (χ2n) is 4.82. The Kier molecular flexibility index (Phi) is 5.16. The Bertz CT molecular complexity index is 562. The lowest BCUT2D eigenvalue weighted by Crippen LogP contribution is -2.43. The van der Waals surface area contributed by atoms with Crippen LogP contribution in [-0.4, -0.2) is 31.4 Å². The fraction of sp³-hybridized carbons (Fsp3) is 0.500. The lowest BCUT2D eigenvalue weighted by Gasteiger charge is -2.24. The molecule has 1 aromatic carbocycles. The predicted molar refractivity (Wildman–Crippen MR) is 75.7 cm³/mol. The zero-order valence-electron chi connectivity index (χ0n) is 11.9. The Labute approximate surface area is 119 Å². The van der Waals surface area contributed by atoms with Gasteiger partial charge in [0.05, 0.1) is 12.0 Å². The first kappa shape index (κ1) is 16.5. The van der Waals surface area contributed by atoms with Crippen LogP contribution in [-0.2, 0) is 14.6 Å². The predicted octanol–water partition coefficient (Wildman–Crippen LogP) is 2.50. The van der Waals surface area contributed by atoms with Gasteiger partial charge in [-0.15, -0.1) is 0 Å². The molecule has 1 aromatic rings. The quantitative estimate of drug-likeness (QED) is 0.836. The first-order valence-corrected chi connectivity index (χ1v) is 7.90. The van der Waals surface area contributed by atoms with Crippen LogP contribution < -0.4 is 4.74 Å². The van der Waals surface area contributed by atoms with Crippen molar-refractivity contribution in [3.63, 3.8) is 0 Å². The number of carboxylic acid groups (broad SMARTS) is 1. The minimum Gasteiger partial charge on any atom is -0.497 e. The van der Waals surface area contributed by atoms with Gasteiger partial charge in [0.2, 0.25) is 0 Å². The fourth-order valence-corrected chi connectivity index (χ4v) is 3.54. The van der Waals surface area contributed by atoms with Gasteiger partial charge in [0.25, 0.3) is 0 Å². The van der Waals surface area contributed by atoms with Crippen LogP contribution in [0.15, 0.2) is 29.2 Å². The number of hydrogen-bond donors (Lipinski definition) is 1. The zero-order valence-corrected chi connectivity index (χ0v) is 12.7. The van der Waals surface area contributed by atoms with E-state index in [0.717, 1.165) is 6.42 Å². The molecule has 1 N–H and O–H groups in total. The van der Waals surface area contributed by atoms with Gasteiger partial charge >= 0.3 is 5.97 Å². The summed E-state index contributed by atoms with van der Waals surface area (Å²) < 4.78 is 28.3. The van der Waals surface area contributed by atoms with Crippen molar-refractivity contribution in [3.8, 4) is 5.75 Å². The minimum absolute atomic E-state index is 0.000645. The summed E-state index contributed by atoms with van der Waals surface area (Å²) in [6.07, 6.45) is 1.37. The van der Waals surface area contributed by atoms with Crippen LogP contribution in [0.1, 0.15) is 33.1 Å². The van der Waals surface area contributed by atoms with Crippen molar-refractivity contribution in [3.05, 3.63) is 24.3 Å². The van der Waals surface area contributed by atoms with E-state index in [9.17, 15) is 18.3 Å². The van der Waals surface area contributed by atoms with Crippen LogP contribution in [0.3, 0.4) is 0 Å². The minimum atomic E-state index is -3.95. The summed E-state index contributed by atoms with van der Waals surface area (Å²) in [5.74, 6) is -0.795. The van der Waals surface area contributed by atoms with Crippen molar-refractivity contribution in [2.75, 3.05) is 7.11 Å². The second-order valence-corrected chi connectivity index (χ2v) is 7.20. The molecular weight excluding hydrogens is 280 g/mol. The van der Waals surface area contributed by atoms with Gasteiger partial charge in [0, 0.05) is 0 Å². The molecule has 0 aliphatic rings. The van der Waals surface area contributed by atoms with E-state index in [-0.39, 0.29) is 11.3 Å². The molecule has 0 aliphatic carbocycles. The van der Waals surface area contributed by atoms with Gasteiger partial charge in [-0.05, 0) is 37.6 Å². The topological polar surface area (TPSA) is 80.7 Å². The highest BCUT2D eigenvalue weighted by atomic mass is 32.2. The highest BCUT2D eigenvalue weighted by molar-refractivity contribution is 7.93. The average Bonchev–Trinajstić information content (AvgIpc) is 2.44. The molecule has 0 heterocycles. The molecule has 0 aromatic heterocycles. The number of methoxy groups -OCH3 is 1. The monoisotopic (exact) mass is 300 g/mol. The van der Waals surface area contributed by atoms with E-state index in [1.165, 1.54) is 38.3 Å². The summed E-state index contributed by atoms with van der Waals surface area (Å²) in [6, 6.07) is 5.77. The maximum atomic E-state index is 12.6. The van der Waals surface area contributed by atoms with Gasteiger partial charge in [-0.25, -0.2) is 8.42 Å². The highest BCUT2D eigenvalue weighted by Gasteiger charge is 2.46. The molecule has 20 heavy (non-hydrogen) atoms. The number of unbranched alkanes of at least 4 members (excludes halogenated alkanes) is 1. The Hall–Kier alpha value is -1.56. The molecule has 0 fully saturated rings. The molecule has 0 bridgehead atoms. The number of aliphatic carboxylic acids is 1. The van der Waals surface area contributed by atoms with Crippen LogP contribution in [0.25, 0.3) is 0 Å². The van der Waals surface area contributed by atoms with Crippen molar-refractivity contribution >= 4 is 15.8 Å². The number of carbonyl (C=O) groups is 1. The lowest BCUT2D eigenvalue weighted by molar-refractivity contribution is -0.139. The summed E-state index contributed by atoms with van der Waals surface area (Å²) in [4.78, 5) is 11.5. The van der Waals surface area contributed by atoms with Gasteiger partial charge in [0.1, 0.15) is 5.75 Å². The van der Waals surface area contributed by atoms with Crippen molar-refractivity contribution in [1.82, 2.24) is 0 Å². The third-order valence-electron chi connectivity index (χ3n) is 3.42. The van der Waals surface area contributed by atoms with E-state index in [2.05, 4.69) is 0 Å². The summed E-state index contributed by atoms with van der Waals surface area (Å²) in [6.45, 7) is 3.16. The van der Waals surface area contributed by atoms with Crippen molar-refractivity contribution in [1.29, 1.82) is 0 Å². The second kappa shape index (κ2) is 6.26. The molecule has 0 saturated carbocycles. The summed E-state index contributed by atoms with van der Waals surface area (Å²) in [5.41, 5.74) is 0. The van der Waals surface area contributed by atoms with Crippen LogP contribution in [0.2, 0.25) is 0 Å². The maximum absolute atomic E-state index is 12.6. The number of carboxylic acids is 1. The van der Waals surface area contributed by atoms with Crippen LogP contribution >= 0.6 is 0 Å². The third-order valence-corrected chi connectivity index (χ3v) is 5.88. The number of sulfone groups is 1. The third kappa shape index (κ3) is 2.95. The van der Waals surface area contributed by atoms with Gasteiger partial charge in [-0.3, -0.25) is 4.79 Å². The van der Waals surface area contributed by atoms with Gasteiger partial charge in [-0.1, -0.05) is 19.8 Å². The Balaban J connectivity index is 3.25. The molecule has 1 unspecified atom stereocenters. The van der Waals surface area contributed by atoms with Crippen LogP contribution in [0.4, 0.5) is 0 Å². The summed E-state index contributed by atoms with van der Waals surface area (Å²) in [5, 5.41) is 9.35. The molecule has 0 amide bonds. The van der Waals surface area contributed by atoms with E-state index >= 15 is 0 Å². The molecule has 6 heteroatoms. The van der Waals surface area contributed by atoms with Gasteiger partial charge in [0.15, 0.2) is 14.6 Å². The molecule has 0 aliphatic heterocycles. The van der Waals surface area contributed by atoms with E-state index in [1.807, 2.05) is 6.92 Å². The average molecular weight is 300 g/mol. The lowest BCUT2D eigenvalue weighted by atomic mass is 10.0. The molecule has 0 saturated heterocycles. The SMILES string of the molecule is CCCCC(C)(C(=O)O)S(=O)(=O)c1ccc(OC)cc1. The maximum Gasteiger partial charge on any atom is 0.325 e. The Morgan fingerprint density at radius 3 is 2.25 bits per heavy atom. The highest BCUT2D eigenvalue weighted by Crippen LogP contribution is 2.31. The van der Waals surface area contributed by atoms with E-state index < -0.39 is 20.6 Å². The van der Waals surface area contributed by atoms with E-state index in [4.69, 9.17) is 4.74 Å². The molecule has 5 nitrogen and oxygen atoms in total. The zero-order chi connectivity index (χ0) is 15.4. The first-order valence-electron chi connectivity index (χ1n) is 6.41. The molecular formula is C14H20O5S. The largest absolute Gasteiger partial charge is 0.497 e. The number of benzene rings is 1. The fourth-order valence-electron chi connectivity index (χ4n) is 1.89. The van der Waals surface area contributed by atoms with Crippen LogP contribution in [0, 0.1) is 0 Å². The van der Waals surface area contributed by atoms with E-state index in [0.29, 0.717) is 12.2 Å². The first-order chi connectivity index (χ1) is 9.29. The number of rotatable bonds is 7.